The van der Waals surface area contributed by atoms with E-state index in [1.54, 1.807) is 11.7 Å². The lowest BCUT2D eigenvalue weighted by atomic mass is 10.2. The predicted octanol–water partition coefficient (Wildman–Crippen LogP) is 2.27. The fraction of sp³-hybridized carbons (Fsp3) is 0. The average Bonchev–Trinajstić information content (AvgIpc) is 2.99. The molecule has 0 fully saturated rings. The molecule has 0 amide bonds. The highest BCUT2D eigenvalue weighted by Gasteiger charge is 2.13. The Bertz CT molecular complexity index is 658. The second-order valence-corrected chi connectivity index (χ2v) is 4.41. The zero-order valence-electron chi connectivity index (χ0n) is 8.94. The van der Waals surface area contributed by atoms with Crippen molar-refractivity contribution < 1.29 is 14.7 Å². The molecule has 0 radical (unpaired) electrons. The van der Waals surface area contributed by atoms with Crippen molar-refractivity contribution in [3.63, 3.8) is 0 Å². The van der Waals surface area contributed by atoms with Crippen LogP contribution in [-0.4, -0.2) is 25.3 Å². The standard InChI is InChI=1S/C11H7N3O3S/c15-7-1-6(2-8(16)3-7)11-13-10(14-17-11)9-4-12-5-18-9/h1-5,15-16H. The summed E-state index contributed by atoms with van der Waals surface area (Å²) >= 11 is 1.40. The van der Waals surface area contributed by atoms with Crippen molar-refractivity contribution >= 4 is 11.3 Å². The van der Waals surface area contributed by atoms with Gasteiger partial charge in [-0.1, -0.05) is 5.16 Å². The molecule has 2 heterocycles. The normalized spacial score (nSPS) is 10.7. The van der Waals surface area contributed by atoms with Crippen molar-refractivity contribution in [1.29, 1.82) is 0 Å². The van der Waals surface area contributed by atoms with E-state index < -0.39 is 0 Å². The second kappa shape index (κ2) is 4.11. The van der Waals surface area contributed by atoms with Crippen LogP contribution in [0.15, 0.2) is 34.4 Å². The number of phenolic OH excluding ortho intramolecular Hbond substituents is 2. The monoisotopic (exact) mass is 261 g/mol. The minimum atomic E-state index is -0.0671. The van der Waals surface area contributed by atoms with Crippen LogP contribution in [0.3, 0.4) is 0 Å². The Hall–Kier alpha value is -2.41. The van der Waals surface area contributed by atoms with Gasteiger partial charge in [-0.3, -0.25) is 4.98 Å². The van der Waals surface area contributed by atoms with Gasteiger partial charge in [-0.05, 0) is 12.1 Å². The van der Waals surface area contributed by atoms with E-state index in [2.05, 4.69) is 15.1 Å². The molecular weight excluding hydrogens is 254 g/mol. The Morgan fingerprint density at radius 3 is 2.56 bits per heavy atom. The topological polar surface area (TPSA) is 92.3 Å². The van der Waals surface area contributed by atoms with Crippen molar-refractivity contribution in [2.24, 2.45) is 0 Å². The van der Waals surface area contributed by atoms with Crippen LogP contribution in [0.4, 0.5) is 0 Å². The van der Waals surface area contributed by atoms with Crippen LogP contribution < -0.4 is 0 Å². The highest BCUT2D eigenvalue weighted by Crippen LogP contribution is 2.29. The highest BCUT2D eigenvalue weighted by molar-refractivity contribution is 7.13. The van der Waals surface area contributed by atoms with Crippen LogP contribution in [-0.2, 0) is 0 Å². The quantitative estimate of drug-likeness (QED) is 0.735. The van der Waals surface area contributed by atoms with Crippen molar-refractivity contribution in [2.75, 3.05) is 0 Å². The summed E-state index contributed by atoms with van der Waals surface area (Å²) in [4.78, 5) is 8.89. The van der Waals surface area contributed by atoms with E-state index in [1.165, 1.54) is 29.5 Å². The Morgan fingerprint density at radius 2 is 1.89 bits per heavy atom. The molecule has 0 spiro atoms. The van der Waals surface area contributed by atoms with Crippen molar-refractivity contribution in [1.82, 2.24) is 15.1 Å². The van der Waals surface area contributed by atoms with Gasteiger partial charge in [0, 0.05) is 17.8 Å². The van der Waals surface area contributed by atoms with Crippen LogP contribution in [0, 0.1) is 0 Å². The maximum Gasteiger partial charge on any atom is 0.258 e. The number of thiazole rings is 1. The number of phenols is 2. The number of hydrogen-bond acceptors (Lipinski definition) is 7. The van der Waals surface area contributed by atoms with E-state index in [1.807, 2.05) is 0 Å². The molecular formula is C11H7N3O3S. The van der Waals surface area contributed by atoms with E-state index in [0.29, 0.717) is 11.4 Å². The molecule has 90 valence electrons. The van der Waals surface area contributed by atoms with Crippen molar-refractivity contribution in [3.05, 3.63) is 29.9 Å². The molecule has 7 heteroatoms. The van der Waals surface area contributed by atoms with Gasteiger partial charge >= 0.3 is 0 Å². The molecule has 3 aromatic rings. The van der Waals surface area contributed by atoms with Crippen LogP contribution in [0.2, 0.25) is 0 Å². The average molecular weight is 261 g/mol. The molecule has 0 bridgehead atoms. The maximum atomic E-state index is 9.39. The third-order valence-electron chi connectivity index (χ3n) is 2.23. The second-order valence-electron chi connectivity index (χ2n) is 3.53. The van der Waals surface area contributed by atoms with E-state index >= 15 is 0 Å². The fourth-order valence-electron chi connectivity index (χ4n) is 1.49. The molecule has 6 nitrogen and oxygen atoms in total. The fourth-order valence-corrected chi connectivity index (χ4v) is 2.03. The minimum Gasteiger partial charge on any atom is -0.508 e. The number of rotatable bonds is 2. The Balaban J connectivity index is 2.03. The number of aromatic nitrogens is 3. The summed E-state index contributed by atoms with van der Waals surface area (Å²) in [6.07, 6.45) is 1.64. The molecule has 2 aromatic heterocycles. The van der Waals surface area contributed by atoms with Gasteiger partial charge in [-0.25, -0.2) is 0 Å². The molecule has 0 aliphatic rings. The van der Waals surface area contributed by atoms with Crippen LogP contribution >= 0.6 is 11.3 Å². The number of benzene rings is 1. The smallest absolute Gasteiger partial charge is 0.258 e. The predicted molar refractivity (Wildman–Crippen MR) is 64.2 cm³/mol. The first-order chi connectivity index (χ1) is 8.72. The Morgan fingerprint density at radius 1 is 1.11 bits per heavy atom. The lowest BCUT2D eigenvalue weighted by molar-refractivity contribution is 0.429. The van der Waals surface area contributed by atoms with Gasteiger partial charge in [0.1, 0.15) is 11.5 Å². The first-order valence-corrected chi connectivity index (χ1v) is 5.86. The Kier molecular flexibility index (Phi) is 2.45. The molecule has 0 saturated carbocycles. The summed E-state index contributed by atoms with van der Waals surface area (Å²) in [7, 11) is 0. The molecule has 0 aliphatic heterocycles. The molecule has 1 aromatic carbocycles. The lowest BCUT2D eigenvalue weighted by Gasteiger charge is -1.97. The summed E-state index contributed by atoms with van der Waals surface area (Å²) in [5, 5.41) is 22.6. The number of hydrogen-bond donors (Lipinski definition) is 2. The van der Waals surface area contributed by atoms with Crippen LogP contribution in [0.25, 0.3) is 22.2 Å². The summed E-state index contributed by atoms with van der Waals surface area (Å²) in [6, 6.07) is 4.09. The van der Waals surface area contributed by atoms with Crippen LogP contribution in [0.5, 0.6) is 11.5 Å². The summed E-state index contributed by atoms with van der Waals surface area (Å²) < 4.78 is 5.08. The van der Waals surface area contributed by atoms with Gasteiger partial charge in [-0.15, -0.1) is 11.3 Å². The number of nitrogens with zero attached hydrogens (tertiary/aromatic N) is 3. The van der Waals surface area contributed by atoms with Gasteiger partial charge in [0.2, 0.25) is 5.82 Å². The summed E-state index contributed by atoms with van der Waals surface area (Å²) in [5.74, 6) is 0.519. The molecule has 18 heavy (non-hydrogen) atoms. The third-order valence-corrected chi connectivity index (χ3v) is 3.00. The van der Waals surface area contributed by atoms with E-state index in [9.17, 15) is 10.2 Å². The first-order valence-electron chi connectivity index (χ1n) is 4.98. The van der Waals surface area contributed by atoms with E-state index in [0.717, 1.165) is 4.88 Å². The molecule has 0 atom stereocenters. The largest absolute Gasteiger partial charge is 0.508 e. The van der Waals surface area contributed by atoms with Gasteiger partial charge in [0.25, 0.3) is 5.89 Å². The van der Waals surface area contributed by atoms with Crippen molar-refractivity contribution in [2.45, 2.75) is 0 Å². The molecule has 2 N–H and O–H groups in total. The lowest BCUT2D eigenvalue weighted by Crippen LogP contribution is -1.79. The molecule has 3 rings (SSSR count). The first kappa shape index (κ1) is 10.7. The van der Waals surface area contributed by atoms with E-state index in [4.69, 9.17) is 4.52 Å². The van der Waals surface area contributed by atoms with Gasteiger partial charge < -0.3 is 14.7 Å². The molecule has 0 unspecified atom stereocenters. The summed E-state index contributed by atoms with van der Waals surface area (Å²) in [6.45, 7) is 0. The van der Waals surface area contributed by atoms with Crippen LogP contribution in [0.1, 0.15) is 0 Å². The molecule has 0 saturated heterocycles. The minimum absolute atomic E-state index is 0.0671. The van der Waals surface area contributed by atoms with Gasteiger partial charge in [-0.2, -0.15) is 4.98 Å². The third kappa shape index (κ3) is 1.91. The Labute approximate surface area is 105 Å². The SMILES string of the molecule is Oc1cc(O)cc(-c2nc(-c3cncs3)no2)c1. The number of aromatic hydroxyl groups is 2. The van der Waals surface area contributed by atoms with E-state index in [-0.39, 0.29) is 17.4 Å². The highest BCUT2D eigenvalue weighted by atomic mass is 32.1. The molecule has 0 aliphatic carbocycles. The van der Waals surface area contributed by atoms with Gasteiger partial charge in [0.15, 0.2) is 0 Å². The van der Waals surface area contributed by atoms with Gasteiger partial charge in [0.05, 0.1) is 10.4 Å². The zero-order valence-corrected chi connectivity index (χ0v) is 9.76. The van der Waals surface area contributed by atoms with Crippen molar-refractivity contribution in [3.8, 4) is 33.7 Å². The maximum absolute atomic E-state index is 9.39. The summed E-state index contributed by atoms with van der Waals surface area (Å²) in [5.41, 5.74) is 2.13. The zero-order chi connectivity index (χ0) is 12.5.